The van der Waals surface area contributed by atoms with Crippen molar-refractivity contribution in [2.75, 3.05) is 11.9 Å². The van der Waals surface area contributed by atoms with Gasteiger partial charge in [-0.1, -0.05) is 11.6 Å². The molecule has 1 amide bonds. The molecule has 0 spiro atoms. The zero-order chi connectivity index (χ0) is 13.2. The monoisotopic (exact) mass is 296 g/mol. The first-order valence-electron chi connectivity index (χ1n) is 6.18. The second-order valence-electron chi connectivity index (χ2n) is 4.60. The summed E-state index contributed by atoms with van der Waals surface area (Å²) in [6.07, 6.45) is 2.64. The number of nitrogens with zero attached hydrogens (tertiary/aromatic N) is 2. The molecule has 1 unspecified atom stereocenters. The van der Waals surface area contributed by atoms with E-state index in [2.05, 4.69) is 19.4 Å². The van der Waals surface area contributed by atoms with E-state index in [0.29, 0.717) is 22.6 Å². The highest BCUT2D eigenvalue weighted by molar-refractivity contribution is 7.00. The number of hydrogen-bond acceptors (Lipinski definition) is 5. The van der Waals surface area contributed by atoms with E-state index in [-0.39, 0.29) is 11.9 Å². The van der Waals surface area contributed by atoms with Crippen molar-refractivity contribution in [3.63, 3.8) is 0 Å². The fraction of sp³-hybridized carbons (Fsp3) is 0.417. The van der Waals surface area contributed by atoms with Gasteiger partial charge in [-0.3, -0.25) is 4.79 Å². The van der Waals surface area contributed by atoms with Crippen LogP contribution in [0.3, 0.4) is 0 Å². The number of benzene rings is 1. The molecule has 3 rings (SSSR count). The lowest BCUT2D eigenvalue weighted by Gasteiger charge is -2.11. The second-order valence-corrected chi connectivity index (χ2v) is 5.54. The van der Waals surface area contributed by atoms with Crippen LogP contribution in [0.2, 0.25) is 5.02 Å². The zero-order valence-corrected chi connectivity index (χ0v) is 11.7. The largest absolute Gasteiger partial charge is 0.323 e. The highest BCUT2D eigenvalue weighted by atomic mass is 35.5. The number of fused-ring (bicyclic) bond motifs is 1. The lowest BCUT2D eigenvalue weighted by atomic mass is 10.1. The first-order valence-corrected chi connectivity index (χ1v) is 7.29. The molecule has 1 saturated heterocycles. The van der Waals surface area contributed by atoms with Crippen LogP contribution in [0, 0.1) is 0 Å². The van der Waals surface area contributed by atoms with Crippen LogP contribution in [-0.4, -0.2) is 27.2 Å². The molecule has 1 aromatic carbocycles. The molecule has 0 saturated carbocycles. The van der Waals surface area contributed by atoms with Gasteiger partial charge < -0.3 is 10.6 Å². The molecule has 1 aliphatic rings. The molecule has 1 fully saturated rings. The van der Waals surface area contributed by atoms with Crippen LogP contribution in [0.4, 0.5) is 5.69 Å². The fourth-order valence-electron chi connectivity index (χ4n) is 2.29. The highest BCUT2D eigenvalue weighted by Crippen LogP contribution is 2.30. The molecular weight excluding hydrogens is 284 g/mol. The van der Waals surface area contributed by atoms with Crippen LogP contribution in [0.5, 0.6) is 0 Å². The van der Waals surface area contributed by atoms with Crippen LogP contribution in [-0.2, 0) is 4.79 Å². The summed E-state index contributed by atoms with van der Waals surface area (Å²) in [5.74, 6) is -0.0400. The van der Waals surface area contributed by atoms with E-state index in [4.69, 9.17) is 11.6 Å². The Morgan fingerprint density at radius 3 is 3.21 bits per heavy atom. The first kappa shape index (κ1) is 12.8. The molecule has 2 aromatic rings. The molecule has 1 aliphatic heterocycles. The van der Waals surface area contributed by atoms with Crippen molar-refractivity contribution in [2.45, 2.75) is 25.3 Å². The molecule has 7 heteroatoms. The van der Waals surface area contributed by atoms with Crippen LogP contribution in [0.1, 0.15) is 19.3 Å². The SMILES string of the molecule is O=C(CC1CCCN1)Nc1c(Cl)ccc2nsnc12. The third-order valence-electron chi connectivity index (χ3n) is 3.24. The average molecular weight is 297 g/mol. The van der Waals surface area contributed by atoms with Gasteiger partial charge in [-0.2, -0.15) is 8.75 Å². The van der Waals surface area contributed by atoms with Gasteiger partial charge in [-0.25, -0.2) is 0 Å². The van der Waals surface area contributed by atoms with Crippen molar-refractivity contribution >= 4 is 46.0 Å². The molecule has 100 valence electrons. The van der Waals surface area contributed by atoms with Crippen molar-refractivity contribution in [1.82, 2.24) is 14.1 Å². The summed E-state index contributed by atoms with van der Waals surface area (Å²) in [7, 11) is 0. The Bertz CT molecular complexity index is 609. The van der Waals surface area contributed by atoms with Gasteiger partial charge >= 0.3 is 0 Å². The molecule has 1 atom stereocenters. The number of amides is 1. The number of carbonyl (C=O) groups is 1. The van der Waals surface area contributed by atoms with Crippen molar-refractivity contribution in [3.8, 4) is 0 Å². The van der Waals surface area contributed by atoms with Crippen LogP contribution in [0.15, 0.2) is 12.1 Å². The van der Waals surface area contributed by atoms with Crippen molar-refractivity contribution < 1.29 is 4.79 Å². The standard InChI is InChI=1S/C12H13ClN4OS/c13-8-3-4-9-12(17-19-16-9)11(8)15-10(18)6-7-2-1-5-14-7/h3-4,7,14H,1-2,5-6H2,(H,15,18). The molecule has 0 bridgehead atoms. The predicted octanol–water partition coefficient (Wildman–Crippen LogP) is 2.43. The summed E-state index contributed by atoms with van der Waals surface area (Å²) >= 11 is 7.24. The Labute approximate surface area is 119 Å². The zero-order valence-electron chi connectivity index (χ0n) is 10.1. The maximum absolute atomic E-state index is 12.0. The van der Waals surface area contributed by atoms with E-state index >= 15 is 0 Å². The second kappa shape index (κ2) is 5.40. The Balaban J connectivity index is 1.78. The molecule has 2 heterocycles. The van der Waals surface area contributed by atoms with Gasteiger partial charge in [0.05, 0.1) is 22.4 Å². The normalized spacial score (nSPS) is 18.9. The van der Waals surface area contributed by atoms with Crippen molar-refractivity contribution in [1.29, 1.82) is 0 Å². The van der Waals surface area contributed by atoms with Gasteiger partial charge in [0.15, 0.2) is 0 Å². The van der Waals surface area contributed by atoms with E-state index in [0.717, 1.165) is 36.6 Å². The summed E-state index contributed by atoms with van der Waals surface area (Å²) in [6, 6.07) is 3.80. The van der Waals surface area contributed by atoms with E-state index < -0.39 is 0 Å². The number of halogens is 1. The topological polar surface area (TPSA) is 66.9 Å². The fourth-order valence-corrected chi connectivity index (χ4v) is 3.03. The predicted molar refractivity (Wildman–Crippen MR) is 76.7 cm³/mol. The molecule has 0 aliphatic carbocycles. The summed E-state index contributed by atoms with van der Waals surface area (Å²) in [4.78, 5) is 12.0. The van der Waals surface area contributed by atoms with Crippen molar-refractivity contribution in [2.24, 2.45) is 0 Å². The molecule has 0 radical (unpaired) electrons. The van der Waals surface area contributed by atoms with Gasteiger partial charge in [0.2, 0.25) is 5.91 Å². The smallest absolute Gasteiger partial charge is 0.226 e. The van der Waals surface area contributed by atoms with Crippen LogP contribution < -0.4 is 10.6 Å². The van der Waals surface area contributed by atoms with Gasteiger partial charge in [0.1, 0.15) is 11.0 Å². The summed E-state index contributed by atoms with van der Waals surface area (Å²) < 4.78 is 8.32. The Kier molecular flexibility index (Phi) is 3.63. The quantitative estimate of drug-likeness (QED) is 0.913. The number of hydrogen-bond donors (Lipinski definition) is 2. The van der Waals surface area contributed by atoms with E-state index in [1.54, 1.807) is 12.1 Å². The molecular formula is C12H13ClN4OS. The van der Waals surface area contributed by atoms with E-state index in [9.17, 15) is 4.79 Å². The van der Waals surface area contributed by atoms with Crippen LogP contribution >= 0.6 is 23.3 Å². The number of aromatic nitrogens is 2. The van der Waals surface area contributed by atoms with E-state index in [1.165, 1.54) is 0 Å². The Morgan fingerprint density at radius 2 is 2.42 bits per heavy atom. The number of anilines is 1. The minimum absolute atomic E-state index is 0.0400. The summed E-state index contributed by atoms with van der Waals surface area (Å²) in [6.45, 7) is 0.990. The third kappa shape index (κ3) is 2.70. The third-order valence-corrected chi connectivity index (χ3v) is 4.09. The lowest BCUT2D eigenvalue weighted by Crippen LogP contribution is -2.27. The number of rotatable bonds is 3. The van der Waals surface area contributed by atoms with E-state index in [1.807, 2.05) is 0 Å². The molecule has 1 aromatic heterocycles. The van der Waals surface area contributed by atoms with Gasteiger partial charge in [0, 0.05) is 12.5 Å². The highest BCUT2D eigenvalue weighted by Gasteiger charge is 2.19. The maximum atomic E-state index is 12.0. The number of nitrogens with one attached hydrogen (secondary N) is 2. The molecule has 19 heavy (non-hydrogen) atoms. The van der Waals surface area contributed by atoms with Crippen molar-refractivity contribution in [3.05, 3.63) is 17.2 Å². The molecule has 5 nitrogen and oxygen atoms in total. The number of carbonyl (C=O) groups excluding carboxylic acids is 1. The average Bonchev–Trinajstić information content (AvgIpc) is 3.03. The Hall–Kier alpha value is -1.24. The van der Waals surface area contributed by atoms with Gasteiger partial charge in [-0.05, 0) is 31.5 Å². The summed E-state index contributed by atoms with van der Waals surface area (Å²) in [5, 5.41) is 6.65. The minimum Gasteiger partial charge on any atom is -0.323 e. The summed E-state index contributed by atoms with van der Waals surface area (Å²) in [5.41, 5.74) is 1.98. The maximum Gasteiger partial charge on any atom is 0.226 e. The minimum atomic E-state index is -0.0400. The Morgan fingerprint density at radius 1 is 1.53 bits per heavy atom. The first-order chi connectivity index (χ1) is 9.24. The van der Waals surface area contributed by atoms with Gasteiger partial charge in [0.25, 0.3) is 0 Å². The van der Waals surface area contributed by atoms with Crippen LogP contribution in [0.25, 0.3) is 11.0 Å². The lowest BCUT2D eigenvalue weighted by molar-refractivity contribution is -0.116. The van der Waals surface area contributed by atoms with Gasteiger partial charge in [-0.15, -0.1) is 0 Å². The molecule has 2 N–H and O–H groups in total.